The topological polar surface area (TPSA) is 84.2 Å². The average Bonchev–Trinajstić information content (AvgIpc) is 3.18. The van der Waals surface area contributed by atoms with Gasteiger partial charge in [0.25, 0.3) is 11.8 Å². The molecule has 0 aliphatic heterocycles. The van der Waals surface area contributed by atoms with Crippen molar-refractivity contribution in [1.82, 2.24) is 5.32 Å². The van der Waals surface area contributed by atoms with Gasteiger partial charge in [-0.25, -0.2) is 0 Å². The number of thiophene rings is 1. The van der Waals surface area contributed by atoms with Crippen LogP contribution in [0, 0.1) is 0 Å². The van der Waals surface area contributed by atoms with Crippen molar-refractivity contribution in [3.63, 3.8) is 0 Å². The Bertz CT molecular complexity index is 1150. The van der Waals surface area contributed by atoms with E-state index in [1.165, 1.54) is 11.3 Å². The third-order valence-corrected chi connectivity index (χ3v) is 5.64. The van der Waals surface area contributed by atoms with E-state index in [2.05, 4.69) is 10.6 Å². The number of rotatable bonds is 5. The predicted octanol–water partition coefficient (Wildman–Crippen LogP) is 4.67. The zero-order valence-electron chi connectivity index (χ0n) is 15.5. The molecule has 5 nitrogen and oxygen atoms in total. The maximum atomic E-state index is 12.4. The van der Waals surface area contributed by atoms with E-state index in [9.17, 15) is 9.59 Å². The fraction of sp³-hybridized carbons (Fsp3) is 0.0435. The van der Waals surface area contributed by atoms with E-state index in [4.69, 9.17) is 5.73 Å². The minimum atomic E-state index is -0.233. The first kappa shape index (κ1) is 18.7. The quantitative estimate of drug-likeness (QED) is 0.425. The number of hydrogen-bond acceptors (Lipinski definition) is 4. The van der Waals surface area contributed by atoms with Crippen LogP contribution in [0.1, 0.15) is 25.6 Å². The summed E-state index contributed by atoms with van der Waals surface area (Å²) in [7, 11) is 0. The van der Waals surface area contributed by atoms with Crippen LogP contribution in [0.4, 0.5) is 11.4 Å². The molecule has 29 heavy (non-hydrogen) atoms. The zero-order chi connectivity index (χ0) is 20.2. The fourth-order valence-electron chi connectivity index (χ4n) is 2.94. The van der Waals surface area contributed by atoms with E-state index < -0.39 is 0 Å². The number of para-hydroxylation sites is 2. The van der Waals surface area contributed by atoms with Gasteiger partial charge in [-0.05, 0) is 47.3 Å². The summed E-state index contributed by atoms with van der Waals surface area (Å²) in [5, 5.41) is 6.79. The summed E-state index contributed by atoms with van der Waals surface area (Å²) in [6, 6.07) is 24.1. The SMILES string of the molecule is Nc1ccccc1NC(=O)c1ccc(CNC(=O)c2cc3ccccc3s2)cc1. The highest BCUT2D eigenvalue weighted by atomic mass is 32.1. The smallest absolute Gasteiger partial charge is 0.261 e. The normalized spacial score (nSPS) is 10.6. The molecule has 0 aliphatic carbocycles. The molecule has 0 spiro atoms. The van der Waals surface area contributed by atoms with Gasteiger partial charge in [-0.2, -0.15) is 0 Å². The Morgan fingerprint density at radius 2 is 1.59 bits per heavy atom. The molecule has 0 bridgehead atoms. The average molecular weight is 401 g/mol. The second kappa shape index (κ2) is 8.16. The van der Waals surface area contributed by atoms with Gasteiger partial charge in [-0.3, -0.25) is 9.59 Å². The number of nitrogens with one attached hydrogen (secondary N) is 2. The van der Waals surface area contributed by atoms with Crippen LogP contribution in [0.25, 0.3) is 10.1 Å². The molecular formula is C23H19N3O2S. The first-order valence-corrected chi connectivity index (χ1v) is 9.93. The number of anilines is 2. The van der Waals surface area contributed by atoms with Crippen LogP contribution in [0.3, 0.4) is 0 Å². The lowest BCUT2D eigenvalue weighted by molar-refractivity contribution is 0.0954. The van der Waals surface area contributed by atoms with Crippen molar-refractivity contribution in [3.8, 4) is 0 Å². The molecule has 1 aromatic heterocycles. The molecule has 1 heterocycles. The number of amides is 2. The van der Waals surface area contributed by atoms with Gasteiger partial charge in [-0.15, -0.1) is 11.3 Å². The van der Waals surface area contributed by atoms with Crippen LogP contribution in [0.15, 0.2) is 78.9 Å². The Morgan fingerprint density at radius 3 is 2.34 bits per heavy atom. The van der Waals surface area contributed by atoms with Crippen LogP contribution in [0.5, 0.6) is 0 Å². The maximum Gasteiger partial charge on any atom is 0.261 e. The molecule has 2 amide bonds. The van der Waals surface area contributed by atoms with Crippen LogP contribution in [-0.4, -0.2) is 11.8 Å². The van der Waals surface area contributed by atoms with Gasteiger partial charge >= 0.3 is 0 Å². The van der Waals surface area contributed by atoms with E-state index in [-0.39, 0.29) is 11.8 Å². The van der Waals surface area contributed by atoms with Gasteiger partial charge in [0.1, 0.15) is 0 Å². The molecule has 0 radical (unpaired) electrons. The third kappa shape index (κ3) is 4.28. The van der Waals surface area contributed by atoms with Crippen molar-refractivity contribution in [1.29, 1.82) is 0 Å². The van der Waals surface area contributed by atoms with E-state index in [1.54, 1.807) is 24.3 Å². The predicted molar refractivity (Wildman–Crippen MR) is 118 cm³/mol. The fourth-order valence-corrected chi connectivity index (χ4v) is 3.92. The molecule has 0 aliphatic rings. The molecule has 0 saturated carbocycles. The molecule has 0 atom stereocenters. The van der Waals surface area contributed by atoms with Gasteiger partial charge in [0.2, 0.25) is 0 Å². The molecule has 144 valence electrons. The first-order chi connectivity index (χ1) is 14.1. The van der Waals surface area contributed by atoms with Gasteiger partial charge in [0.05, 0.1) is 16.3 Å². The first-order valence-electron chi connectivity index (χ1n) is 9.12. The Kier molecular flexibility index (Phi) is 5.27. The van der Waals surface area contributed by atoms with E-state index in [1.807, 2.05) is 54.6 Å². The Balaban J connectivity index is 1.37. The lowest BCUT2D eigenvalue weighted by Gasteiger charge is -2.09. The van der Waals surface area contributed by atoms with Crippen LogP contribution in [0.2, 0.25) is 0 Å². The van der Waals surface area contributed by atoms with Crippen LogP contribution in [-0.2, 0) is 6.54 Å². The Hall–Kier alpha value is -3.64. The minimum absolute atomic E-state index is 0.104. The molecule has 3 aromatic carbocycles. The summed E-state index contributed by atoms with van der Waals surface area (Å²) in [6.45, 7) is 0.389. The number of carbonyl (C=O) groups is 2. The molecule has 6 heteroatoms. The van der Waals surface area contributed by atoms with Crippen molar-refractivity contribution in [2.24, 2.45) is 0 Å². The molecule has 4 rings (SSSR count). The monoisotopic (exact) mass is 401 g/mol. The lowest BCUT2D eigenvalue weighted by Crippen LogP contribution is -2.21. The highest BCUT2D eigenvalue weighted by Gasteiger charge is 2.11. The van der Waals surface area contributed by atoms with Gasteiger partial charge in [0.15, 0.2) is 0 Å². The van der Waals surface area contributed by atoms with Crippen molar-refractivity contribution < 1.29 is 9.59 Å². The molecule has 0 saturated heterocycles. The van der Waals surface area contributed by atoms with Crippen molar-refractivity contribution >= 4 is 44.6 Å². The van der Waals surface area contributed by atoms with Crippen molar-refractivity contribution in [2.45, 2.75) is 6.54 Å². The number of fused-ring (bicyclic) bond motifs is 1. The Labute approximate surface area is 172 Å². The molecule has 0 unspecified atom stereocenters. The largest absolute Gasteiger partial charge is 0.397 e. The van der Waals surface area contributed by atoms with Gasteiger partial charge < -0.3 is 16.4 Å². The Morgan fingerprint density at radius 1 is 0.862 bits per heavy atom. The summed E-state index contributed by atoms with van der Waals surface area (Å²) in [6.07, 6.45) is 0. The van der Waals surface area contributed by atoms with E-state index >= 15 is 0 Å². The third-order valence-electron chi connectivity index (χ3n) is 4.53. The highest BCUT2D eigenvalue weighted by molar-refractivity contribution is 7.20. The van der Waals surface area contributed by atoms with Crippen LogP contribution >= 0.6 is 11.3 Å². The van der Waals surface area contributed by atoms with E-state index in [0.717, 1.165) is 15.6 Å². The summed E-state index contributed by atoms with van der Waals surface area (Å²) >= 11 is 1.47. The summed E-state index contributed by atoms with van der Waals surface area (Å²) in [5.74, 6) is -0.337. The maximum absolute atomic E-state index is 12.4. The number of benzene rings is 3. The number of hydrogen-bond donors (Lipinski definition) is 3. The second-order valence-corrected chi connectivity index (χ2v) is 7.65. The van der Waals surface area contributed by atoms with Crippen molar-refractivity contribution in [2.75, 3.05) is 11.1 Å². The van der Waals surface area contributed by atoms with Gasteiger partial charge in [0, 0.05) is 16.8 Å². The standard InChI is InChI=1S/C23H19N3O2S/c24-18-6-2-3-7-19(18)26-22(27)16-11-9-15(10-12-16)14-25-23(28)21-13-17-5-1-4-8-20(17)29-21/h1-13H,14,24H2,(H,25,28)(H,26,27). The van der Waals surface area contributed by atoms with Gasteiger partial charge in [-0.1, -0.05) is 42.5 Å². The van der Waals surface area contributed by atoms with E-state index in [0.29, 0.717) is 28.4 Å². The summed E-state index contributed by atoms with van der Waals surface area (Å²) < 4.78 is 1.09. The molecule has 0 fully saturated rings. The number of nitrogen functional groups attached to an aromatic ring is 1. The lowest BCUT2D eigenvalue weighted by atomic mass is 10.1. The number of nitrogens with two attached hydrogens (primary N) is 1. The molecular weight excluding hydrogens is 382 g/mol. The minimum Gasteiger partial charge on any atom is -0.397 e. The highest BCUT2D eigenvalue weighted by Crippen LogP contribution is 2.25. The summed E-state index contributed by atoms with van der Waals surface area (Å²) in [4.78, 5) is 25.5. The molecule has 4 aromatic rings. The second-order valence-electron chi connectivity index (χ2n) is 6.57. The number of carbonyl (C=O) groups excluding carboxylic acids is 2. The van der Waals surface area contributed by atoms with Crippen LogP contribution < -0.4 is 16.4 Å². The zero-order valence-corrected chi connectivity index (χ0v) is 16.3. The summed E-state index contributed by atoms with van der Waals surface area (Å²) in [5.41, 5.74) is 8.39. The molecule has 4 N–H and O–H groups in total. The van der Waals surface area contributed by atoms with Crippen molar-refractivity contribution in [3.05, 3.63) is 94.9 Å².